The molecule has 1 amide bonds. The topological polar surface area (TPSA) is 20.3 Å². The lowest BCUT2D eigenvalue weighted by Crippen LogP contribution is -2.44. The van der Waals surface area contributed by atoms with E-state index in [1.54, 1.807) is 0 Å². The van der Waals surface area contributed by atoms with Gasteiger partial charge in [-0.1, -0.05) is 12.2 Å². The lowest BCUT2D eigenvalue weighted by molar-refractivity contribution is -0.141. The summed E-state index contributed by atoms with van der Waals surface area (Å²) >= 11 is 0. The van der Waals surface area contributed by atoms with Gasteiger partial charge in [0.25, 0.3) is 0 Å². The van der Waals surface area contributed by atoms with E-state index < -0.39 is 5.92 Å². The molecule has 4 heteroatoms. The molecule has 1 saturated heterocycles. The van der Waals surface area contributed by atoms with Crippen molar-refractivity contribution in [3.8, 4) is 0 Å². The molecule has 0 spiro atoms. The minimum atomic E-state index is -2.55. The molecule has 0 aromatic rings. The summed E-state index contributed by atoms with van der Waals surface area (Å²) in [5.41, 5.74) is 0. The Balaban J connectivity index is 1.89. The molecule has 1 saturated carbocycles. The summed E-state index contributed by atoms with van der Waals surface area (Å²) in [5.74, 6) is -2.19. The number of likely N-dealkylation sites (tertiary alicyclic amines) is 1. The van der Waals surface area contributed by atoms with E-state index in [0.29, 0.717) is 18.8 Å². The second-order valence-corrected chi connectivity index (χ2v) is 5.84. The molecule has 0 aromatic carbocycles. The molecule has 0 aromatic heterocycles. The van der Waals surface area contributed by atoms with Gasteiger partial charge in [-0.15, -0.1) is 0 Å². The summed E-state index contributed by atoms with van der Waals surface area (Å²) in [4.78, 5) is 14.3. The van der Waals surface area contributed by atoms with Crippen molar-refractivity contribution in [3.63, 3.8) is 0 Å². The number of rotatable bonds is 2. The maximum atomic E-state index is 13.1. The highest BCUT2D eigenvalue weighted by atomic mass is 19.3. The first-order chi connectivity index (χ1) is 9.02. The van der Waals surface area contributed by atoms with Crippen LogP contribution in [0.5, 0.6) is 0 Å². The highest BCUT2D eigenvalue weighted by Gasteiger charge is 2.39. The Morgan fingerprint density at radius 2 is 1.95 bits per heavy atom. The number of halogens is 2. The van der Waals surface area contributed by atoms with Gasteiger partial charge in [-0.25, -0.2) is 8.78 Å². The Morgan fingerprint density at radius 3 is 2.58 bits per heavy atom. The number of carbonyl (C=O) groups excluding carboxylic acids is 1. The van der Waals surface area contributed by atoms with Crippen molar-refractivity contribution in [2.24, 2.45) is 11.8 Å². The minimum absolute atomic E-state index is 0.102. The lowest BCUT2D eigenvalue weighted by Gasteiger charge is -2.36. The zero-order valence-electron chi connectivity index (χ0n) is 11.6. The summed E-state index contributed by atoms with van der Waals surface area (Å²) in [5, 5.41) is 0. The molecule has 2 fully saturated rings. The number of alkyl halides is 2. The third-order valence-electron chi connectivity index (χ3n) is 4.30. The Bertz CT molecular complexity index is 344. The van der Waals surface area contributed by atoms with Crippen molar-refractivity contribution in [1.82, 2.24) is 4.90 Å². The van der Waals surface area contributed by atoms with E-state index in [1.165, 1.54) is 0 Å². The van der Waals surface area contributed by atoms with E-state index in [-0.39, 0.29) is 24.7 Å². The van der Waals surface area contributed by atoms with Crippen LogP contribution < -0.4 is 0 Å². The van der Waals surface area contributed by atoms with Crippen LogP contribution in [0.2, 0.25) is 0 Å². The molecule has 1 aliphatic carbocycles. The number of hydrogen-bond donors (Lipinski definition) is 0. The first kappa shape index (κ1) is 14.5. The SMILES string of the molecule is C/C=C/C1CCCN(C(=O)C2CCC(F)(F)CC2)C1. The first-order valence-electron chi connectivity index (χ1n) is 7.31. The molecular weight excluding hydrogens is 248 g/mol. The highest BCUT2D eigenvalue weighted by Crippen LogP contribution is 2.37. The Labute approximate surface area is 113 Å². The van der Waals surface area contributed by atoms with Gasteiger partial charge in [0.15, 0.2) is 0 Å². The fourth-order valence-electron chi connectivity index (χ4n) is 3.18. The van der Waals surface area contributed by atoms with Gasteiger partial charge in [0.1, 0.15) is 0 Å². The third-order valence-corrected chi connectivity index (χ3v) is 4.30. The standard InChI is InChI=1S/C15H23F2NO/c1-2-4-12-5-3-10-18(11-12)14(19)13-6-8-15(16,17)9-7-13/h2,4,12-13H,3,5-11H2,1H3/b4-2+. The van der Waals surface area contributed by atoms with E-state index in [0.717, 1.165) is 25.9 Å². The van der Waals surface area contributed by atoms with Crippen molar-refractivity contribution in [2.75, 3.05) is 13.1 Å². The van der Waals surface area contributed by atoms with Crippen molar-refractivity contribution in [3.05, 3.63) is 12.2 Å². The molecule has 0 radical (unpaired) electrons. The molecule has 2 nitrogen and oxygen atoms in total. The Hall–Kier alpha value is -0.930. The van der Waals surface area contributed by atoms with Gasteiger partial charge >= 0.3 is 0 Å². The van der Waals surface area contributed by atoms with Crippen LogP contribution in [0.3, 0.4) is 0 Å². The van der Waals surface area contributed by atoms with E-state index in [1.807, 2.05) is 17.9 Å². The van der Waals surface area contributed by atoms with Crippen LogP contribution in [0.25, 0.3) is 0 Å². The van der Waals surface area contributed by atoms with E-state index in [4.69, 9.17) is 0 Å². The molecule has 19 heavy (non-hydrogen) atoms. The van der Waals surface area contributed by atoms with Gasteiger partial charge in [0, 0.05) is 31.8 Å². The summed E-state index contributed by atoms with van der Waals surface area (Å²) in [7, 11) is 0. The quantitative estimate of drug-likeness (QED) is 0.702. The molecule has 2 aliphatic rings. The van der Waals surface area contributed by atoms with E-state index in [9.17, 15) is 13.6 Å². The van der Waals surface area contributed by atoms with Crippen molar-refractivity contribution >= 4 is 5.91 Å². The summed E-state index contributed by atoms with van der Waals surface area (Å²) in [6, 6.07) is 0. The second kappa shape index (κ2) is 6.02. The average Bonchev–Trinajstić information content (AvgIpc) is 2.39. The number of nitrogens with zero attached hydrogens (tertiary/aromatic N) is 1. The van der Waals surface area contributed by atoms with Crippen LogP contribution in [0.1, 0.15) is 45.4 Å². The summed E-state index contributed by atoms with van der Waals surface area (Å²) in [6.07, 6.45) is 6.74. The summed E-state index contributed by atoms with van der Waals surface area (Å²) < 4.78 is 26.2. The lowest BCUT2D eigenvalue weighted by atomic mass is 9.85. The molecule has 1 atom stereocenters. The predicted octanol–water partition coefficient (Wildman–Crippen LogP) is 3.63. The zero-order chi connectivity index (χ0) is 13.9. The fourth-order valence-corrected chi connectivity index (χ4v) is 3.18. The number of carbonyl (C=O) groups is 1. The van der Waals surface area contributed by atoms with Gasteiger partial charge in [-0.2, -0.15) is 0 Å². The van der Waals surface area contributed by atoms with Gasteiger partial charge in [-0.3, -0.25) is 4.79 Å². The second-order valence-electron chi connectivity index (χ2n) is 5.84. The zero-order valence-corrected chi connectivity index (χ0v) is 11.6. The van der Waals surface area contributed by atoms with Crippen LogP contribution in [-0.4, -0.2) is 29.8 Å². The van der Waals surface area contributed by atoms with E-state index in [2.05, 4.69) is 6.08 Å². The molecule has 2 rings (SSSR count). The Kier molecular flexibility index (Phi) is 4.58. The minimum Gasteiger partial charge on any atom is -0.342 e. The molecule has 1 aliphatic heterocycles. The van der Waals surface area contributed by atoms with Gasteiger partial charge in [0.2, 0.25) is 11.8 Å². The number of piperidine rings is 1. The molecule has 1 heterocycles. The maximum absolute atomic E-state index is 13.1. The van der Waals surface area contributed by atoms with Crippen LogP contribution in [0.4, 0.5) is 8.78 Å². The average molecular weight is 271 g/mol. The van der Waals surface area contributed by atoms with Crippen LogP contribution in [-0.2, 0) is 4.79 Å². The third kappa shape index (κ3) is 3.77. The smallest absolute Gasteiger partial charge is 0.248 e. The summed E-state index contributed by atoms with van der Waals surface area (Å²) in [6.45, 7) is 3.54. The van der Waals surface area contributed by atoms with Crippen molar-refractivity contribution < 1.29 is 13.6 Å². The normalized spacial score (nSPS) is 28.8. The molecular formula is C15H23F2NO. The van der Waals surface area contributed by atoms with Crippen molar-refractivity contribution in [1.29, 1.82) is 0 Å². The molecule has 108 valence electrons. The molecule has 0 N–H and O–H groups in total. The van der Waals surface area contributed by atoms with Crippen molar-refractivity contribution in [2.45, 2.75) is 51.4 Å². The van der Waals surface area contributed by atoms with Gasteiger partial charge < -0.3 is 4.90 Å². The monoisotopic (exact) mass is 271 g/mol. The first-order valence-corrected chi connectivity index (χ1v) is 7.31. The van der Waals surface area contributed by atoms with Gasteiger partial charge in [-0.05, 0) is 38.5 Å². The van der Waals surface area contributed by atoms with Gasteiger partial charge in [0.05, 0.1) is 0 Å². The maximum Gasteiger partial charge on any atom is 0.248 e. The van der Waals surface area contributed by atoms with Crippen LogP contribution >= 0.6 is 0 Å². The highest BCUT2D eigenvalue weighted by molar-refractivity contribution is 5.79. The largest absolute Gasteiger partial charge is 0.342 e. The molecule has 1 unspecified atom stereocenters. The molecule has 0 bridgehead atoms. The fraction of sp³-hybridized carbons (Fsp3) is 0.800. The predicted molar refractivity (Wildman–Crippen MR) is 71.0 cm³/mol. The number of amides is 1. The Morgan fingerprint density at radius 1 is 1.26 bits per heavy atom. The van der Waals surface area contributed by atoms with Crippen LogP contribution in [0, 0.1) is 11.8 Å². The number of allylic oxidation sites excluding steroid dienone is 1. The van der Waals surface area contributed by atoms with E-state index >= 15 is 0 Å². The number of hydrogen-bond acceptors (Lipinski definition) is 1. The van der Waals surface area contributed by atoms with Crippen LogP contribution in [0.15, 0.2) is 12.2 Å².